The van der Waals surface area contributed by atoms with E-state index in [-0.39, 0.29) is 6.17 Å². The smallest absolute Gasteiger partial charge is 0.216 e. The van der Waals surface area contributed by atoms with E-state index in [4.69, 9.17) is 19.5 Å². The highest BCUT2D eigenvalue weighted by atomic mass is 16.6. The van der Waals surface area contributed by atoms with E-state index in [1.165, 1.54) is 5.56 Å². The summed E-state index contributed by atoms with van der Waals surface area (Å²) >= 11 is 0. The molecule has 1 unspecified atom stereocenters. The lowest BCUT2D eigenvalue weighted by Crippen LogP contribution is -2.57. The zero-order valence-corrected chi connectivity index (χ0v) is 19.3. The molecular weight excluding hydrogens is 440 g/mol. The number of aromatic nitrogens is 2. The Morgan fingerprint density at radius 1 is 0.914 bits per heavy atom. The summed E-state index contributed by atoms with van der Waals surface area (Å²) in [7, 11) is 0. The third-order valence-corrected chi connectivity index (χ3v) is 6.80. The third-order valence-electron chi connectivity index (χ3n) is 6.80. The summed E-state index contributed by atoms with van der Waals surface area (Å²) in [6, 6.07) is 25.0. The van der Waals surface area contributed by atoms with Crippen molar-refractivity contribution < 1.29 is 9.47 Å². The van der Waals surface area contributed by atoms with E-state index in [9.17, 15) is 0 Å². The van der Waals surface area contributed by atoms with Gasteiger partial charge in [-0.15, -0.1) is 0 Å². The van der Waals surface area contributed by atoms with Crippen LogP contribution < -0.4 is 19.7 Å². The summed E-state index contributed by atoms with van der Waals surface area (Å²) in [4.78, 5) is 14.5. The molecule has 1 aromatic heterocycles. The van der Waals surface area contributed by atoms with Gasteiger partial charge in [0.2, 0.25) is 11.9 Å². The molecule has 8 heteroatoms. The number of rotatable bonds is 4. The number of hydrogen-bond acceptors (Lipinski definition) is 7. The zero-order valence-electron chi connectivity index (χ0n) is 19.3. The standard InChI is InChI=1S/C27H26N6O2/c1-2-6-19(7-3-1)12-13-31-17-28-26-30-25(20-10-11-23-24(16-20)35-15-14-34-23)33-22-9-5-4-8-21(22)29-27(33)32(26)18-31/h1-11,16,25H,12-15,17-18H2,(H,28,30). The van der Waals surface area contributed by atoms with Crippen molar-refractivity contribution in [3.63, 3.8) is 0 Å². The van der Waals surface area contributed by atoms with Crippen LogP contribution >= 0.6 is 0 Å². The van der Waals surface area contributed by atoms with E-state index < -0.39 is 0 Å². The van der Waals surface area contributed by atoms with Crippen LogP contribution in [0.25, 0.3) is 11.0 Å². The molecule has 3 aromatic carbocycles. The molecule has 0 bridgehead atoms. The minimum Gasteiger partial charge on any atom is -0.486 e. The summed E-state index contributed by atoms with van der Waals surface area (Å²) in [5.74, 6) is 3.32. The van der Waals surface area contributed by atoms with Gasteiger partial charge >= 0.3 is 0 Å². The van der Waals surface area contributed by atoms with Crippen molar-refractivity contribution in [1.82, 2.24) is 19.8 Å². The van der Waals surface area contributed by atoms with E-state index in [1.807, 2.05) is 12.1 Å². The molecule has 0 saturated heterocycles. The fourth-order valence-corrected chi connectivity index (χ4v) is 5.04. The average Bonchev–Trinajstić information content (AvgIpc) is 3.32. The number of anilines is 1. The van der Waals surface area contributed by atoms with E-state index in [1.54, 1.807) is 0 Å². The third kappa shape index (κ3) is 3.57. The first-order chi connectivity index (χ1) is 17.3. The molecule has 0 radical (unpaired) electrons. The van der Waals surface area contributed by atoms with Crippen molar-refractivity contribution in [2.45, 2.75) is 12.6 Å². The van der Waals surface area contributed by atoms with Gasteiger partial charge < -0.3 is 14.8 Å². The van der Waals surface area contributed by atoms with Gasteiger partial charge in [0.1, 0.15) is 19.4 Å². The number of nitrogens with one attached hydrogen (secondary N) is 1. The Labute approximate surface area is 203 Å². The largest absolute Gasteiger partial charge is 0.486 e. The molecule has 0 aliphatic carbocycles. The van der Waals surface area contributed by atoms with Crippen LogP contribution in [0.2, 0.25) is 0 Å². The number of benzene rings is 3. The van der Waals surface area contributed by atoms with Crippen molar-refractivity contribution >= 4 is 22.9 Å². The maximum absolute atomic E-state index is 5.87. The van der Waals surface area contributed by atoms with Crippen LogP contribution in [0.4, 0.5) is 5.95 Å². The van der Waals surface area contributed by atoms with Gasteiger partial charge in [0.05, 0.1) is 24.4 Å². The van der Waals surface area contributed by atoms with Gasteiger partial charge in [-0.2, -0.15) is 0 Å². The first-order valence-electron chi connectivity index (χ1n) is 12.0. The molecular formula is C27H26N6O2. The van der Waals surface area contributed by atoms with Crippen molar-refractivity contribution in [2.24, 2.45) is 4.99 Å². The fraction of sp³-hybridized carbons (Fsp3) is 0.259. The Hall–Kier alpha value is -4.04. The van der Waals surface area contributed by atoms with E-state index >= 15 is 0 Å². The average molecular weight is 467 g/mol. The second-order valence-electron chi connectivity index (χ2n) is 9.04. The van der Waals surface area contributed by atoms with Crippen molar-refractivity contribution in [3.8, 4) is 11.5 Å². The van der Waals surface area contributed by atoms with Crippen LogP contribution in [0.3, 0.4) is 0 Å². The molecule has 4 heterocycles. The highest BCUT2D eigenvalue weighted by Gasteiger charge is 2.36. The topological polar surface area (TPSA) is 67.2 Å². The van der Waals surface area contributed by atoms with Crippen molar-refractivity contribution in [1.29, 1.82) is 0 Å². The molecule has 35 heavy (non-hydrogen) atoms. The molecule has 0 saturated carbocycles. The molecule has 1 atom stereocenters. The Kier molecular flexibility index (Phi) is 4.84. The second-order valence-corrected chi connectivity index (χ2v) is 9.04. The van der Waals surface area contributed by atoms with Gasteiger partial charge in [0, 0.05) is 6.54 Å². The lowest BCUT2D eigenvalue weighted by molar-refractivity contribution is 0.171. The Balaban J connectivity index is 1.25. The van der Waals surface area contributed by atoms with Crippen LogP contribution in [0.1, 0.15) is 17.3 Å². The predicted molar refractivity (Wildman–Crippen MR) is 135 cm³/mol. The summed E-state index contributed by atoms with van der Waals surface area (Å²) in [6.45, 7) is 3.46. The Morgan fingerprint density at radius 3 is 2.66 bits per heavy atom. The van der Waals surface area contributed by atoms with Gasteiger partial charge in [0.25, 0.3) is 0 Å². The molecule has 1 N–H and O–H groups in total. The first kappa shape index (κ1) is 20.3. The molecule has 7 rings (SSSR count). The lowest BCUT2D eigenvalue weighted by Gasteiger charge is -2.41. The minimum atomic E-state index is -0.154. The molecule has 0 fully saturated rings. The van der Waals surface area contributed by atoms with Crippen LogP contribution in [-0.4, -0.2) is 53.5 Å². The second kappa shape index (κ2) is 8.32. The number of imidazole rings is 1. The summed E-state index contributed by atoms with van der Waals surface area (Å²) in [5.41, 5.74) is 4.46. The molecule has 0 amide bonds. The summed E-state index contributed by atoms with van der Waals surface area (Å²) < 4.78 is 13.9. The monoisotopic (exact) mass is 466 g/mol. The van der Waals surface area contributed by atoms with Crippen LogP contribution in [0.15, 0.2) is 77.8 Å². The van der Waals surface area contributed by atoms with Gasteiger partial charge in [-0.05, 0) is 41.8 Å². The number of aliphatic imine (C=N–C) groups is 1. The normalized spacial score (nSPS) is 19.0. The number of guanidine groups is 1. The predicted octanol–water partition coefficient (Wildman–Crippen LogP) is 3.59. The van der Waals surface area contributed by atoms with Gasteiger partial charge in [-0.25, -0.2) is 9.98 Å². The zero-order chi connectivity index (χ0) is 23.2. The van der Waals surface area contributed by atoms with Gasteiger partial charge in [-0.3, -0.25) is 14.4 Å². The first-order valence-corrected chi connectivity index (χ1v) is 12.0. The highest BCUT2D eigenvalue weighted by Crippen LogP contribution is 2.37. The molecule has 0 spiro atoms. The lowest BCUT2D eigenvalue weighted by atomic mass is 10.1. The number of fused-ring (bicyclic) bond motifs is 6. The van der Waals surface area contributed by atoms with Crippen molar-refractivity contribution in [3.05, 3.63) is 83.9 Å². The Morgan fingerprint density at radius 2 is 1.74 bits per heavy atom. The highest BCUT2D eigenvalue weighted by molar-refractivity contribution is 5.98. The maximum atomic E-state index is 5.87. The van der Waals surface area contributed by atoms with Crippen LogP contribution in [0.5, 0.6) is 11.5 Å². The molecule has 3 aliphatic rings. The van der Waals surface area contributed by atoms with E-state index in [2.05, 4.69) is 80.3 Å². The quantitative estimate of drug-likeness (QED) is 0.496. The summed E-state index contributed by atoms with van der Waals surface area (Å²) in [5, 5.41) is 3.68. The summed E-state index contributed by atoms with van der Waals surface area (Å²) in [6.07, 6.45) is 0.836. The molecule has 8 nitrogen and oxygen atoms in total. The Bertz CT molecular complexity index is 1420. The number of ether oxygens (including phenoxy) is 2. The SMILES string of the molecule is c1ccc(CCN2CN=C3NC(c4ccc5c(c4)OCCO5)n4c(nc5ccccc54)N3C2)cc1. The number of para-hydroxylation sites is 2. The van der Waals surface area contributed by atoms with Crippen LogP contribution in [0, 0.1) is 0 Å². The fourth-order valence-electron chi connectivity index (χ4n) is 5.04. The van der Waals surface area contributed by atoms with Crippen molar-refractivity contribution in [2.75, 3.05) is 38.0 Å². The molecule has 4 aromatic rings. The maximum Gasteiger partial charge on any atom is 0.216 e. The number of nitrogens with zero attached hydrogens (tertiary/aromatic N) is 5. The van der Waals surface area contributed by atoms with E-state index in [0.29, 0.717) is 19.9 Å². The van der Waals surface area contributed by atoms with Gasteiger partial charge in [-0.1, -0.05) is 48.5 Å². The van der Waals surface area contributed by atoms with E-state index in [0.717, 1.165) is 59.6 Å². The molecule has 3 aliphatic heterocycles. The number of hydrogen-bond donors (Lipinski definition) is 1. The van der Waals surface area contributed by atoms with Gasteiger partial charge in [0.15, 0.2) is 11.5 Å². The minimum absolute atomic E-state index is 0.154. The van der Waals surface area contributed by atoms with Crippen LogP contribution in [-0.2, 0) is 6.42 Å². The molecule has 176 valence electrons.